The molecule has 2 N–H and O–H groups in total. The van der Waals surface area contributed by atoms with Crippen molar-refractivity contribution in [2.75, 3.05) is 13.1 Å². The third-order valence-corrected chi connectivity index (χ3v) is 2.69. The van der Waals surface area contributed by atoms with Crippen molar-refractivity contribution in [1.82, 2.24) is 4.90 Å². The molecule has 3 nitrogen and oxygen atoms in total. The average molecular weight is 211 g/mol. The molecule has 1 aliphatic rings. The van der Waals surface area contributed by atoms with Gasteiger partial charge in [-0.3, -0.25) is 4.99 Å². The van der Waals surface area contributed by atoms with Crippen LogP contribution in [0.25, 0.3) is 0 Å². The van der Waals surface area contributed by atoms with E-state index in [9.17, 15) is 0 Å². The molecule has 0 amide bonds. The average Bonchev–Trinajstić information content (AvgIpc) is 2.93. The van der Waals surface area contributed by atoms with Crippen molar-refractivity contribution >= 4 is 5.96 Å². The van der Waals surface area contributed by atoms with Crippen molar-refractivity contribution in [2.24, 2.45) is 22.6 Å². The van der Waals surface area contributed by atoms with Crippen LogP contribution in [0.4, 0.5) is 0 Å². The minimum Gasteiger partial charge on any atom is -0.370 e. The van der Waals surface area contributed by atoms with Crippen LogP contribution in [-0.2, 0) is 0 Å². The summed E-state index contributed by atoms with van der Waals surface area (Å²) in [4.78, 5) is 6.68. The van der Waals surface area contributed by atoms with Crippen molar-refractivity contribution in [1.29, 1.82) is 0 Å². The molecule has 0 aromatic carbocycles. The Morgan fingerprint density at radius 2 is 1.93 bits per heavy atom. The zero-order chi connectivity index (χ0) is 11.4. The van der Waals surface area contributed by atoms with Gasteiger partial charge < -0.3 is 10.6 Å². The predicted molar refractivity (Wildman–Crippen MR) is 65.9 cm³/mol. The van der Waals surface area contributed by atoms with Gasteiger partial charge in [-0.1, -0.05) is 13.8 Å². The summed E-state index contributed by atoms with van der Waals surface area (Å²) in [6.07, 6.45) is 2.72. The van der Waals surface area contributed by atoms with Crippen molar-refractivity contribution in [3.05, 3.63) is 0 Å². The quantitative estimate of drug-likeness (QED) is 0.559. The minimum absolute atomic E-state index is 0.460. The van der Waals surface area contributed by atoms with E-state index in [1.807, 2.05) is 0 Å². The molecule has 0 spiro atoms. The number of nitrogens with two attached hydrogens (primary N) is 1. The number of nitrogens with zero attached hydrogens (tertiary/aromatic N) is 2. The third kappa shape index (κ3) is 4.54. The fraction of sp³-hybridized carbons (Fsp3) is 0.917. The molecule has 1 fully saturated rings. The molecular formula is C12H25N3. The summed E-state index contributed by atoms with van der Waals surface area (Å²) in [7, 11) is 0. The second kappa shape index (κ2) is 5.38. The molecule has 0 aliphatic heterocycles. The Morgan fingerprint density at radius 1 is 1.33 bits per heavy atom. The van der Waals surface area contributed by atoms with E-state index < -0.39 is 0 Å². The van der Waals surface area contributed by atoms with E-state index in [2.05, 4.69) is 37.6 Å². The van der Waals surface area contributed by atoms with Crippen molar-refractivity contribution in [3.63, 3.8) is 0 Å². The number of hydrogen-bond donors (Lipinski definition) is 1. The van der Waals surface area contributed by atoms with Crippen molar-refractivity contribution in [3.8, 4) is 0 Å². The number of hydrogen-bond acceptors (Lipinski definition) is 1. The number of guanidine groups is 1. The van der Waals surface area contributed by atoms with E-state index in [1.165, 1.54) is 12.8 Å². The monoisotopic (exact) mass is 211 g/mol. The van der Waals surface area contributed by atoms with Crippen LogP contribution >= 0.6 is 0 Å². The topological polar surface area (TPSA) is 41.6 Å². The highest BCUT2D eigenvalue weighted by atomic mass is 15.3. The third-order valence-electron chi connectivity index (χ3n) is 2.69. The van der Waals surface area contributed by atoms with E-state index in [-0.39, 0.29) is 0 Å². The van der Waals surface area contributed by atoms with E-state index >= 15 is 0 Å². The highest BCUT2D eigenvalue weighted by molar-refractivity contribution is 5.78. The lowest BCUT2D eigenvalue weighted by molar-refractivity contribution is 0.330. The lowest BCUT2D eigenvalue weighted by atomic mass is 10.2. The molecule has 1 rings (SSSR count). The van der Waals surface area contributed by atoms with Gasteiger partial charge >= 0.3 is 0 Å². The molecule has 1 saturated carbocycles. The number of rotatable bonds is 5. The van der Waals surface area contributed by atoms with Crippen LogP contribution in [-0.4, -0.2) is 30.0 Å². The van der Waals surface area contributed by atoms with Crippen LogP contribution in [0.3, 0.4) is 0 Å². The second-order valence-corrected chi connectivity index (χ2v) is 5.28. The SMILES string of the molecule is CC(C)CN=C(N)N(CC1CC1)C(C)C. The van der Waals surface area contributed by atoms with E-state index in [0.29, 0.717) is 12.0 Å². The molecule has 0 bridgehead atoms. The van der Waals surface area contributed by atoms with E-state index in [4.69, 9.17) is 5.73 Å². The fourth-order valence-corrected chi connectivity index (χ4v) is 1.51. The first kappa shape index (κ1) is 12.3. The van der Waals surface area contributed by atoms with Crippen LogP contribution < -0.4 is 5.73 Å². The number of aliphatic imine (C=N–C) groups is 1. The first-order valence-corrected chi connectivity index (χ1v) is 6.07. The molecule has 0 heterocycles. The molecule has 1 aliphatic carbocycles. The van der Waals surface area contributed by atoms with Gasteiger partial charge in [-0.25, -0.2) is 0 Å². The van der Waals surface area contributed by atoms with Crippen LogP contribution in [0.2, 0.25) is 0 Å². The summed E-state index contributed by atoms with van der Waals surface area (Å²) in [6.45, 7) is 10.6. The molecule has 88 valence electrons. The molecule has 3 heteroatoms. The predicted octanol–water partition coefficient (Wildman–Crippen LogP) is 2.08. The summed E-state index contributed by atoms with van der Waals surface area (Å²) < 4.78 is 0. The normalized spacial score (nSPS) is 17.6. The Hall–Kier alpha value is -0.730. The van der Waals surface area contributed by atoms with E-state index in [0.717, 1.165) is 25.0 Å². The maximum Gasteiger partial charge on any atom is 0.191 e. The van der Waals surface area contributed by atoms with Gasteiger partial charge in [-0.2, -0.15) is 0 Å². The smallest absolute Gasteiger partial charge is 0.191 e. The lowest BCUT2D eigenvalue weighted by Crippen LogP contribution is -2.43. The van der Waals surface area contributed by atoms with Gasteiger partial charge in [0, 0.05) is 19.1 Å². The molecule has 0 atom stereocenters. The van der Waals surface area contributed by atoms with E-state index in [1.54, 1.807) is 0 Å². The van der Waals surface area contributed by atoms with Crippen molar-refractivity contribution in [2.45, 2.75) is 46.6 Å². The molecule has 0 aromatic heterocycles. The van der Waals surface area contributed by atoms with Gasteiger partial charge in [0.15, 0.2) is 5.96 Å². The fourth-order valence-electron chi connectivity index (χ4n) is 1.51. The van der Waals surface area contributed by atoms with Gasteiger partial charge in [0.25, 0.3) is 0 Å². The summed E-state index contributed by atoms with van der Waals surface area (Å²) in [6, 6.07) is 0.460. The zero-order valence-corrected chi connectivity index (χ0v) is 10.5. The van der Waals surface area contributed by atoms with Gasteiger partial charge in [-0.15, -0.1) is 0 Å². The largest absolute Gasteiger partial charge is 0.370 e. The summed E-state index contributed by atoms with van der Waals surface area (Å²) >= 11 is 0. The van der Waals surface area contributed by atoms with Crippen LogP contribution in [0.15, 0.2) is 4.99 Å². The molecule has 15 heavy (non-hydrogen) atoms. The zero-order valence-electron chi connectivity index (χ0n) is 10.5. The molecule has 0 radical (unpaired) electrons. The Bertz CT molecular complexity index is 217. The minimum atomic E-state index is 0.460. The first-order valence-electron chi connectivity index (χ1n) is 6.07. The Morgan fingerprint density at radius 3 is 2.33 bits per heavy atom. The van der Waals surface area contributed by atoms with Gasteiger partial charge in [-0.05, 0) is 38.5 Å². The maximum atomic E-state index is 6.02. The van der Waals surface area contributed by atoms with Crippen molar-refractivity contribution < 1.29 is 0 Å². The highest BCUT2D eigenvalue weighted by Crippen LogP contribution is 2.30. The standard InChI is InChI=1S/C12H25N3/c1-9(2)7-14-12(13)15(10(3)4)8-11-5-6-11/h9-11H,5-8H2,1-4H3,(H2,13,14). The Kier molecular flexibility index (Phi) is 4.43. The Labute approximate surface area is 93.7 Å². The van der Waals surface area contributed by atoms with Crippen LogP contribution in [0.5, 0.6) is 0 Å². The van der Waals surface area contributed by atoms with Crippen LogP contribution in [0, 0.1) is 11.8 Å². The summed E-state index contributed by atoms with van der Waals surface area (Å²) in [5.74, 6) is 2.17. The molecule has 0 aromatic rings. The summed E-state index contributed by atoms with van der Waals surface area (Å²) in [5, 5.41) is 0. The maximum absolute atomic E-state index is 6.02. The lowest BCUT2D eigenvalue weighted by Gasteiger charge is -2.27. The second-order valence-electron chi connectivity index (χ2n) is 5.28. The Balaban J connectivity index is 2.48. The molecule has 0 saturated heterocycles. The van der Waals surface area contributed by atoms with Gasteiger partial charge in [0.05, 0.1) is 0 Å². The molecule has 0 unspecified atom stereocenters. The highest BCUT2D eigenvalue weighted by Gasteiger charge is 2.26. The summed E-state index contributed by atoms with van der Waals surface area (Å²) in [5.41, 5.74) is 6.02. The van der Waals surface area contributed by atoms with Crippen LogP contribution in [0.1, 0.15) is 40.5 Å². The van der Waals surface area contributed by atoms with Gasteiger partial charge in [0.1, 0.15) is 0 Å². The van der Waals surface area contributed by atoms with Gasteiger partial charge in [0.2, 0.25) is 0 Å². The molecular weight excluding hydrogens is 186 g/mol. The first-order chi connectivity index (χ1) is 7.00.